The van der Waals surface area contributed by atoms with Gasteiger partial charge in [0.05, 0.1) is 12.5 Å². The van der Waals surface area contributed by atoms with Gasteiger partial charge in [-0.05, 0) is 74.1 Å². The first-order valence-electron chi connectivity index (χ1n) is 12.5. The third-order valence-electron chi connectivity index (χ3n) is 8.11. The normalized spacial score (nSPS) is 23.5. The Kier molecular flexibility index (Phi) is 6.60. The number of carbonyl (C=O) groups is 2. The number of fused-ring (bicyclic) bond motifs is 3. The lowest BCUT2D eigenvalue weighted by Gasteiger charge is -2.33. The van der Waals surface area contributed by atoms with Crippen LogP contribution in [-0.2, 0) is 29.4 Å². The average Bonchev–Trinajstić information content (AvgIpc) is 3.46. The number of carbonyl (C=O) groups excluding carboxylic acids is 2. The summed E-state index contributed by atoms with van der Waals surface area (Å²) in [4.78, 5) is 27.1. The van der Waals surface area contributed by atoms with Gasteiger partial charge in [0, 0.05) is 55.5 Å². The van der Waals surface area contributed by atoms with Crippen LogP contribution in [0.25, 0.3) is 10.9 Å². The monoisotopic (exact) mass is 473 g/mol. The molecule has 8 heteroatoms. The summed E-state index contributed by atoms with van der Waals surface area (Å²) in [5, 5.41) is 3.44. The molecular weight excluding hydrogens is 440 g/mol. The van der Waals surface area contributed by atoms with Crippen LogP contribution in [0.3, 0.4) is 0 Å². The molecule has 184 valence electrons. The lowest BCUT2D eigenvalue weighted by Crippen LogP contribution is -2.36. The molecule has 5 rings (SSSR count). The fourth-order valence-electron chi connectivity index (χ4n) is 6.19. The van der Waals surface area contributed by atoms with Gasteiger partial charge >= 0.3 is 0 Å². The maximum atomic E-state index is 13.3. The number of rotatable bonds is 5. The molecule has 0 saturated carbocycles. The van der Waals surface area contributed by atoms with Crippen molar-refractivity contribution < 1.29 is 23.1 Å². The Hall–Kier alpha value is -2.48. The molecule has 2 unspecified atom stereocenters. The minimum absolute atomic E-state index is 0.0968. The fourth-order valence-corrected chi connectivity index (χ4v) is 6.19. The Morgan fingerprint density at radius 2 is 1.94 bits per heavy atom. The number of aromatic nitrogens is 1. The third-order valence-corrected chi connectivity index (χ3v) is 8.11. The van der Waals surface area contributed by atoms with Crippen molar-refractivity contribution in [2.45, 2.75) is 45.0 Å². The van der Waals surface area contributed by atoms with Crippen LogP contribution in [0, 0.1) is 17.8 Å². The molecule has 1 aromatic carbocycles. The van der Waals surface area contributed by atoms with Crippen LogP contribution in [0.4, 0.5) is 8.78 Å². The van der Waals surface area contributed by atoms with Crippen LogP contribution in [0.5, 0.6) is 0 Å². The second-order valence-electron chi connectivity index (χ2n) is 10.0. The van der Waals surface area contributed by atoms with Gasteiger partial charge < -0.3 is 19.5 Å². The minimum atomic E-state index is -2.57. The Bertz CT molecular complexity index is 1080. The standard InChI is InChI=1S/C26H33F2N3O3/c1-30-22-4-2-17(16-7-10-34-11-8-16)12-20(22)21-13-18(3-5-23(21)30)26(33)31-9-6-19(15-31)25(32)29-14-24(27)28/h3,5,13,16-17,19,24H,2,4,6-12,14-15H2,1H3,(H,29,32). The van der Waals surface area contributed by atoms with Crippen molar-refractivity contribution in [2.24, 2.45) is 24.8 Å². The van der Waals surface area contributed by atoms with E-state index < -0.39 is 24.8 Å². The van der Waals surface area contributed by atoms with E-state index in [-0.39, 0.29) is 12.5 Å². The Morgan fingerprint density at radius 3 is 2.71 bits per heavy atom. The fraction of sp³-hybridized carbons (Fsp3) is 0.615. The number of aryl methyl sites for hydroxylation is 1. The molecule has 3 heterocycles. The maximum Gasteiger partial charge on any atom is 0.255 e. The van der Waals surface area contributed by atoms with Gasteiger partial charge in [0.15, 0.2) is 0 Å². The summed E-state index contributed by atoms with van der Waals surface area (Å²) in [7, 11) is 2.11. The molecule has 2 fully saturated rings. The molecule has 2 atom stereocenters. The number of amides is 2. The smallest absolute Gasteiger partial charge is 0.255 e. The van der Waals surface area contributed by atoms with Crippen molar-refractivity contribution in [2.75, 3.05) is 32.8 Å². The summed E-state index contributed by atoms with van der Waals surface area (Å²) in [5.74, 6) is 0.436. The number of ether oxygens (including phenoxy) is 1. The molecule has 3 aliphatic rings. The lowest BCUT2D eigenvalue weighted by molar-refractivity contribution is -0.125. The van der Waals surface area contributed by atoms with Crippen LogP contribution in [0.15, 0.2) is 18.2 Å². The Morgan fingerprint density at radius 1 is 1.15 bits per heavy atom. The molecule has 2 amide bonds. The quantitative estimate of drug-likeness (QED) is 0.723. The first kappa shape index (κ1) is 23.3. The Balaban J connectivity index is 1.33. The van der Waals surface area contributed by atoms with Crippen molar-refractivity contribution in [1.82, 2.24) is 14.8 Å². The van der Waals surface area contributed by atoms with Crippen LogP contribution in [0.2, 0.25) is 0 Å². The molecule has 0 radical (unpaired) electrons. The molecule has 1 aliphatic carbocycles. The predicted octanol–water partition coefficient (Wildman–Crippen LogP) is 3.55. The largest absolute Gasteiger partial charge is 0.381 e. The zero-order valence-corrected chi connectivity index (χ0v) is 19.7. The van der Waals surface area contributed by atoms with E-state index in [1.165, 1.54) is 17.7 Å². The van der Waals surface area contributed by atoms with Crippen LogP contribution >= 0.6 is 0 Å². The van der Waals surface area contributed by atoms with E-state index in [0.717, 1.165) is 49.8 Å². The number of nitrogens with zero attached hydrogens (tertiary/aromatic N) is 2. The van der Waals surface area contributed by atoms with Gasteiger partial charge in [-0.1, -0.05) is 0 Å². The summed E-state index contributed by atoms with van der Waals surface area (Å²) < 4.78 is 32.6. The summed E-state index contributed by atoms with van der Waals surface area (Å²) >= 11 is 0. The van der Waals surface area contributed by atoms with Crippen molar-refractivity contribution in [3.8, 4) is 0 Å². The van der Waals surface area contributed by atoms with E-state index in [1.54, 1.807) is 4.90 Å². The number of alkyl halides is 2. The van der Waals surface area contributed by atoms with Crippen molar-refractivity contribution in [3.05, 3.63) is 35.0 Å². The molecule has 6 nitrogen and oxygen atoms in total. The highest BCUT2D eigenvalue weighted by molar-refractivity contribution is 6.00. The molecule has 34 heavy (non-hydrogen) atoms. The summed E-state index contributed by atoms with van der Waals surface area (Å²) in [5.41, 5.74) is 4.53. The molecule has 0 spiro atoms. The lowest BCUT2D eigenvalue weighted by atomic mass is 9.75. The average molecular weight is 474 g/mol. The summed E-state index contributed by atoms with van der Waals surface area (Å²) in [6.07, 6.45) is 3.51. The number of halogens is 2. The second kappa shape index (κ2) is 9.64. The molecular formula is C26H33F2N3O3. The van der Waals surface area contributed by atoms with E-state index in [9.17, 15) is 18.4 Å². The SMILES string of the molecule is Cn1c2c(c3cc(C(=O)N4CCC(C(=O)NCC(F)F)C4)ccc31)CC(C1CCOCC1)CC2. The second-order valence-corrected chi connectivity index (χ2v) is 10.0. The van der Waals surface area contributed by atoms with Crippen LogP contribution in [-0.4, -0.2) is 60.6 Å². The van der Waals surface area contributed by atoms with Gasteiger partial charge in [-0.2, -0.15) is 0 Å². The van der Waals surface area contributed by atoms with E-state index in [0.29, 0.717) is 30.4 Å². The van der Waals surface area contributed by atoms with Crippen LogP contribution in [0.1, 0.15) is 47.3 Å². The third kappa shape index (κ3) is 4.44. The molecule has 2 aliphatic heterocycles. The highest BCUT2D eigenvalue weighted by Gasteiger charge is 2.33. The highest BCUT2D eigenvalue weighted by Crippen LogP contribution is 2.39. The first-order valence-corrected chi connectivity index (χ1v) is 12.5. The van der Waals surface area contributed by atoms with Gasteiger partial charge in [-0.3, -0.25) is 9.59 Å². The minimum Gasteiger partial charge on any atom is -0.381 e. The number of hydrogen-bond acceptors (Lipinski definition) is 3. The van der Waals surface area contributed by atoms with Crippen molar-refractivity contribution >= 4 is 22.7 Å². The number of benzene rings is 1. The van der Waals surface area contributed by atoms with Gasteiger partial charge in [-0.15, -0.1) is 0 Å². The topological polar surface area (TPSA) is 63.6 Å². The molecule has 1 aromatic heterocycles. The van der Waals surface area contributed by atoms with E-state index >= 15 is 0 Å². The zero-order valence-electron chi connectivity index (χ0n) is 19.7. The van der Waals surface area contributed by atoms with E-state index in [1.807, 2.05) is 18.2 Å². The summed E-state index contributed by atoms with van der Waals surface area (Å²) in [6.45, 7) is 1.80. The van der Waals surface area contributed by atoms with Gasteiger partial charge in [0.25, 0.3) is 12.3 Å². The summed E-state index contributed by atoms with van der Waals surface area (Å²) in [6, 6.07) is 5.93. The van der Waals surface area contributed by atoms with Crippen molar-refractivity contribution in [1.29, 1.82) is 0 Å². The maximum absolute atomic E-state index is 13.3. The molecule has 1 N–H and O–H groups in total. The van der Waals surface area contributed by atoms with Crippen molar-refractivity contribution in [3.63, 3.8) is 0 Å². The van der Waals surface area contributed by atoms with E-state index in [4.69, 9.17) is 4.74 Å². The number of hydrogen-bond donors (Lipinski definition) is 1. The van der Waals surface area contributed by atoms with Gasteiger partial charge in [0.1, 0.15) is 0 Å². The zero-order chi connectivity index (χ0) is 23.8. The number of likely N-dealkylation sites (tertiary alicyclic amines) is 1. The first-order chi connectivity index (χ1) is 16.4. The predicted molar refractivity (Wildman–Crippen MR) is 125 cm³/mol. The molecule has 0 bridgehead atoms. The molecule has 2 saturated heterocycles. The van der Waals surface area contributed by atoms with Gasteiger partial charge in [-0.25, -0.2) is 8.78 Å². The van der Waals surface area contributed by atoms with Gasteiger partial charge in [0.2, 0.25) is 5.91 Å². The Labute approximate surface area is 198 Å². The van der Waals surface area contributed by atoms with E-state index in [2.05, 4.69) is 16.9 Å². The highest BCUT2D eigenvalue weighted by atomic mass is 19.3. The van der Waals surface area contributed by atoms with Crippen LogP contribution < -0.4 is 5.32 Å². The molecule has 2 aromatic rings. The number of nitrogens with one attached hydrogen (secondary N) is 1.